The lowest BCUT2D eigenvalue weighted by Gasteiger charge is -2.15. The maximum Gasteiger partial charge on any atom is 0.508 e. The van der Waals surface area contributed by atoms with Crippen molar-refractivity contribution in [3.05, 3.63) is 48.6 Å². The van der Waals surface area contributed by atoms with Gasteiger partial charge in [0.05, 0.1) is 59.9 Å². The second-order valence-electron chi connectivity index (χ2n) is 14.3. The highest BCUT2D eigenvalue weighted by atomic mass is 16.7. The molecule has 0 aliphatic heterocycles. The number of esters is 11. The summed E-state index contributed by atoms with van der Waals surface area (Å²) in [6.45, 7) is 0.456. The van der Waals surface area contributed by atoms with Gasteiger partial charge in [0, 0.05) is 55.0 Å². The van der Waals surface area contributed by atoms with Gasteiger partial charge >= 0.3 is 77.8 Å². The Morgan fingerprint density at radius 2 is 0.793 bits per heavy atom. The molecule has 458 valence electrons. The zero-order chi connectivity index (χ0) is 63.8. The summed E-state index contributed by atoms with van der Waals surface area (Å²) in [5.74, 6) is -12.3. The Kier molecular flexibility index (Phi) is 46.4. The van der Waals surface area contributed by atoms with Crippen LogP contribution < -0.4 is 28.3 Å². The third kappa shape index (κ3) is 49.7. The number of hydrogen-bond donors (Lipinski definition) is 6. The summed E-state index contributed by atoms with van der Waals surface area (Å²) in [7, 11) is 4.57. The summed E-state index contributed by atoms with van der Waals surface area (Å²) in [5, 5.41) is 10.7. The van der Waals surface area contributed by atoms with Crippen LogP contribution in [-0.4, -0.2) is 206 Å². The van der Waals surface area contributed by atoms with Crippen molar-refractivity contribution < 1.29 is 148 Å². The van der Waals surface area contributed by atoms with Crippen LogP contribution in [0.2, 0.25) is 0 Å². The average molecular weight is 1180 g/mol. The summed E-state index contributed by atoms with van der Waals surface area (Å²) < 4.78 is 57.5. The van der Waals surface area contributed by atoms with Crippen LogP contribution >= 0.6 is 0 Å². The maximum absolute atomic E-state index is 11.6. The van der Waals surface area contributed by atoms with Crippen LogP contribution in [0.15, 0.2) is 48.6 Å². The lowest BCUT2D eigenvalue weighted by Crippen LogP contribution is -2.45. The molecule has 4 atom stereocenters. The fourth-order valence-electron chi connectivity index (χ4n) is 3.64. The van der Waals surface area contributed by atoms with E-state index in [9.17, 15) is 81.5 Å². The summed E-state index contributed by atoms with van der Waals surface area (Å²) >= 11 is 0. The molecule has 0 radical (unpaired) electrons. The van der Waals surface area contributed by atoms with Gasteiger partial charge < -0.3 is 94.9 Å². The number of carboxylic acids is 1. The molecule has 0 rings (SSSR count). The monoisotopic (exact) mass is 1180 g/mol. The van der Waals surface area contributed by atoms with E-state index in [2.05, 4.69) is 61.6 Å². The summed E-state index contributed by atoms with van der Waals surface area (Å²) in [6, 6.07) is -4.42. The summed E-state index contributed by atoms with van der Waals surface area (Å²) in [4.78, 5) is 186. The molecule has 1 amide bonds. The van der Waals surface area contributed by atoms with Crippen LogP contribution in [0.1, 0.15) is 40.0 Å². The van der Waals surface area contributed by atoms with Crippen LogP contribution in [0.5, 0.6) is 0 Å². The standard InChI is InChI=1S/C12H16N2O9.C12H17NO8.2C11H15NO7/c1-21-10(18)2-3-11(19)22-6-23-12(20)7(4-9(16)17)14-8(15)5-13;1-8(14)9(13)7-21-12(17)20-6-5-19-11(16)4-3-10(15)18-2;1-7(13)8(12)5-11(16)19-6-18-10(15)4-3-9(14)17-2;1-7(13)5-8(12)11(16)19-6-18-10(15)4-3-9(14)17-2/h2-3,7H,4-6,13H2,1H3,(H,14,15)(H,16,17);3-4,9H,5-7,13H2,1-2H3;2*3-4,8H,5-6,12H2,1-2H3/b3-2+;3*4-3+/t7-;9-;2*8-/m0000/s1. The summed E-state index contributed by atoms with van der Waals surface area (Å²) in [6.07, 6.45) is 4.41. The number of ketones is 3. The van der Waals surface area contributed by atoms with E-state index >= 15 is 0 Å². The lowest BCUT2D eigenvalue weighted by molar-refractivity contribution is -0.168. The van der Waals surface area contributed by atoms with E-state index in [1.54, 1.807) is 0 Å². The van der Waals surface area contributed by atoms with Crippen LogP contribution in [-0.2, 0) is 138 Å². The highest BCUT2D eigenvalue weighted by Gasteiger charge is 2.25. The first kappa shape index (κ1) is 78.7. The SMILES string of the molecule is COC(=O)/C=C/C(=O)OCCOC(=O)OC[C@H](N)C(C)=O.COC(=O)/C=C/C(=O)OCOC(=O)C[C@H](N)C(C)=O.COC(=O)/C=C/C(=O)OCOC(=O)[C@@H](N)CC(C)=O.COC(=O)/C=C/C(=O)OCOC(=O)[C@H](CC(=O)O)NC(=O)CN. The molecule has 0 fully saturated rings. The highest BCUT2D eigenvalue weighted by Crippen LogP contribution is 1.99. The van der Waals surface area contributed by atoms with Crippen LogP contribution in [0.4, 0.5) is 4.79 Å². The maximum atomic E-state index is 11.6. The number of aliphatic carboxylic acids is 1. The number of amides is 1. The van der Waals surface area contributed by atoms with Crippen molar-refractivity contribution in [1.29, 1.82) is 0 Å². The van der Waals surface area contributed by atoms with Gasteiger partial charge in [-0.05, 0) is 20.8 Å². The smallest absolute Gasteiger partial charge is 0.481 e. The van der Waals surface area contributed by atoms with E-state index in [0.29, 0.717) is 0 Å². The van der Waals surface area contributed by atoms with Crippen molar-refractivity contribution >= 4 is 101 Å². The van der Waals surface area contributed by atoms with E-state index in [1.165, 1.54) is 20.8 Å². The number of rotatable bonds is 31. The third-order valence-corrected chi connectivity index (χ3v) is 7.81. The minimum Gasteiger partial charge on any atom is -0.481 e. The molecule has 0 bridgehead atoms. The Hall–Kier alpha value is -9.81. The zero-order valence-electron chi connectivity index (χ0n) is 45.0. The van der Waals surface area contributed by atoms with Crippen molar-refractivity contribution in [2.45, 2.75) is 64.2 Å². The predicted molar refractivity (Wildman–Crippen MR) is 262 cm³/mol. The Labute approximate surface area is 464 Å². The molecule has 82 heavy (non-hydrogen) atoms. The Bertz CT molecular complexity index is 2330. The predicted octanol–water partition coefficient (Wildman–Crippen LogP) is -4.86. The lowest BCUT2D eigenvalue weighted by atomic mass is 10.1. The average Bonchev–Trinajstić information content (AvgIpc) is 3.42. The second kappa shape index (κ2) is 48.3. The van der Waals surface area contributed by atoms with Crippen LogP contribution in [0, 0.1) is 0 Å². The summed E-state index contributed by atoms with van der Waals surface area (Å²) in [5.41, 5.74) is 21.0. The fraction of sp³-hybridized carbons (Fsp3) is 0.457. The Morgan fingerprint density at radius 3 is 1.16 bits per heavy atom. The number of Topliss-reactive ketones (excluding diaryl/α,β-unsaturated/α-hetero) is 3. The number of methoxy groups -OCH3 is 4. The van der Waals surface area contributed by atoms with Gasteiger partial charge in [-0.1, -0.05) is 0 Å². The zero-order valence-corrected chi connectivity index (χ0v) is 45.0. The molecule has 0 aromatic heterocycles. The van der Waals surface area contributed by atoms with Gasteiger partial charge in [0.2, 0.25) is 26.3 Å². The second-order valence-corrected chi connectivity index (χ2v) is 14.3. The molecule has 0 heterocycles. The quantitative estimate of drug-likeness (QED) is 0.0125. The van der Waals surface area contributed by atoms with E-state index in [1.807, 2.05) is 5.32 Å². The molecule has 0 aromatic rings. The first-order chi connectivity index (χ1) is 38.4. The number of carbonyl (C=O) groups is 17. The van der Waals surface area contributed by atoms with Gasteiger partial charge in [-0.3, -0.25) is 33.6 Å². The number of nitrogens with two attached hydrogens (primary N) is 4. The van der Waals surface area contributed by atoms with E-state index in [4.69, 9.17) is 28.0 Å². The number of carbonyl (C=O) groups excluding carboxylic acids is 16. The minimum absolute atomic E-state index is 0.158. The van der Waals surface area contributed by atoms with Gasteiger partial charge in [-0.15, -0.1) is 0 Å². The third-order valence-electron chi connectivity index (χ3n) is 7.81. The van der Waals surface area contributed by atoms with Gasteiger partial charge in [-0.25, -0.2) is 47.9 Å². The fourth-order valence-corrected chi connectivity index (χ4v) is 3.64. The number of nitrogens with one attached hydrogen (secondary N) is 1. The first-order valence-corrected chi connectivity index (χ1v) is 22.4. The molecule has 0 aliphatic rings. The van der Waals surface area contributed by atoms with Crippen LogP contribution in [0.25, 0.3) is 0 Å². The van der Waals surface area contributed by atoms with Gasteiger partial charge in [0.1, 0.15) is 49.3 Å². The van der Waals surface area contributed by atoms with E-state index < -0.39 is 141 Å². The number of hydrogen-bond acceptors (Lipinski definition) is 34. The molecule has 0 aromatic carbocycles. The Balaban J connectivity index is -0.000000496. The van der Waals surface area contributed by atoms with Gasteiger partial charge in [0.25, 0.3) is 0 Å². The molecular formula is C46H63N5O31. The molecule has 0 saturated heterocycles. The molecule has 36 nitrogen and oxygen atoms in total. The van der Waals surface area contributed by atoms with Crippen molar-refractivity contribution in [2.75, 3.05) is 75.2 Å². The van der Waals surface area contributed by atoms with Crippen molar-refractivity contribution in [2.24, 2.45) is 22.9 Å². The van der Waals surface area contributed by atoms with Crippen molar-refractivity contribution in [1.82, 2.24) is 5.32 Å². The molecule has 0 spiro atoms. The molecule has 0 aliphatic carbocycles. The molecular weight excluding hydrogens is 1120 g/mol. The normalized spacial score (nSPS) is 11.6. The molecule has 0 saturated carbocycles. The van der Waals surface area contributed by atoms with E-state index in [-0.39, 0.29) is 50.0 Å². The number of ether oxygens (including phenoxy) is 13. The van der Waals surface area contributed by atoms with Crippen molar-refractivity contribution in [3.63, 3.8) is 0 Å². The molecule has 0 unspecified atom stereocenters. The van der Waals surface area contributed by atoms with Crippen LogP contribution in [0.3, 0.4) is 0 Å². The molecule has 36 heteroatoms. The minimum atomic E-state index is -1.48. The highest BCUT2D eigenvalue weighted by molar-refractivity contribution is 5.94. The number of carboxylic acid groups (broad SMARTS) is 1. The van der Waals surface area contributed by atoms with Crippen molar-refractivity contribution in [3.8, 4) is 0 Å². The topological polar surface area (TPSA) is 547 Å². The largest absolute Gasteiger partial charge is 0.508 e. The first-order valence-electron chi connectivity index (χ1n) is 22.4. The Morgan fingerprint density at radius 1 is 0.427 bits per heavy atom. The molecule has 10 N–H and O–H groups in total. The van der Waals surface area contributed by atoms with E-state index in [0.717, 1.165) is 77.0 Å². The van der Waals surface area contributed by atoms with Gasteiger partial charge in [0.15, 0.2) is 0 Å². The van der Waals surface area contributed by atoms with Gasteiger partial charge in [-0.2, -0.15) is 0 Å².